The van der Waals surface area contributed by atoms with E-state index in [-0.39, 0.29) is 24.0 Å². The minimum Gasteiger partial charge on any atom is -0.356 e. The molecule has 1 aromatic heterocycles. The lowest BCUT2D eigenvalue weighted by Gasteiger charge is -2.22. The predicted octanol–water partition coefficient (Wildman–Crippen LogP) is 3.79. The summed E-state index contributed by atoms with van der Waals surface area (Å²) in [5, 5.41) is 3.57. The molecule has 2 fully saturated rings. The molecule has 1 saturated carbocycles. The summed E-state index contributed by atoms with van der Waals surface area (Å²) in [6.07, 6.45) is 10.5. The molecule has 152 valence electrons. The van der Waals surface area contributed by atoms with E-state index in [2.05, 4.69) is 61.3 Å². The van der Waals surface area contributed by atoms with Crippen LogP contribution in [0.3, 0.4) is 0 Å². The first-order chi connectivity index (χ1) is 13.3. The minimum atomic E-state index is 0. The van der Waals surface area contributed by atoms with Gasteiger partial charge in [0.1, 0.15) is 5.82 Å². The van der Waals surface area contributed by atoms with Gasteiger partial charge in [-0.15, -0.1) is 24.0 Å². The minimum absolute atomic E-state index is 0. The number of aromatic nitrogens is 2. The van der Waals surface area contributed by atoms with Crippen LogP contribution in [0.2, 0.25) is 0 Å². The fourth-order valence-electron chi connectivity index (χ4n) is 4.69. The van der Waals surface area contributed by atoms with Crippen molar-refractivity contribution < 1.29 is 0 Å². The lowest BCUT2D eigenvalue weighted by atomic mass is 9.82. The average Bonchev–Trinajstić information content (AvgIpc) is 3.32. The molecule has 1 N–H and O–H groups in total. The van der Waals surface area contributed by atoms with Gasteiger partial charge in [-0.3, -0.25) is 4.99 Å². The Morgan fingerprint density at radius 3 is 2.54 bits per heavy atom. The van der Waals surface area contributed by atoms with Gasteiger partial charge in [0.15, 0.2) is 5.96 Å². The van der Waals surface area contributed by atoms with Crippen molar-refractivity contribution in [3.05, 3.63) is 54.1 Å². The second kappa shape index (κ2) is 10.3. The number of rotatable bonds is 5. The molecule has 6 heteroatoms. The smallest absolute Gasteiger partial charge is 0.193 e. The molecule has 2 aromatic rings. The Morgan fingerprint density at radius 1 is 1.14 bits per heavy atom. The Morgan fingerprint density at radius 2 is 1.86 bits per heavy atom. The average molecular weight is 493 g/mol. The molecule has 4 rings (SSSR count). The molecule has 0 radical (unpaired) electrons. The van der Waals surface area contributed by atoms with E-state index in [1.807, 2.05) is 13.2 Å². The molecule has 2 aliphatic rings. The molecular weight excluding hydrogens is 461 g/mol. The van der Waals surface area contributed by atoms with E-state index in [1.165, 1.54) is 44.3 Å². The van der Waals surface area contributed by atoms with E-state index >= 15 is 0 Å². The number of nitrogens with one attached hydrogen (secondary N) is 1. The zero-order chi connectivity index (χ0) is 18.5. The SMILES string of the molecule is CN=C(NCCc1nccn1Cc1ccccc1)N1CC2CCCCC2C1.I. The van der Waals surface area contributed by atoms with Crippen LogP contribution in [0, 0.1) is 11.8 Å². The lowest BCUT2D eigenvalue weighted by Crippen LogP contribution is -2.41. The van der Waals surface area contributed by atoms with Gasteiger partial charge in [-0.1, -0.05) is 43.2 Å². The number of benzene rings is 1. The first-order valence-corrected chi connectivity index (χ1v) is 10.3. The number of hydrogen-bond acceptors (Lipinski definition) is 2. The highest BCUT2D eigenvalue weighted by Gasteiger charge is 2.35. The molecule has 5 nitrogen and oxygen atoms in total. The molecular formula is C22H32IN5. The number of nitrogens with zero attached hydrogens (tertiary/aromatic N) is 4. The van der Waals surface area contributed by atoms with Crippen LogP contribution in [0.1, 0.15) is 37.1 Å². The summed E-state index contributed by atoms with van der Waals surface area (Å²) >= 11 is 0. The van der Waals surface area contributed by atoms with Crippen molar-refractivity contribution in [1.29, 1.82) is 0 Å². The molecule has 28 heavy (non-hydrogen) atoms. The summed E-state index contributed by atoms with van der Waals surface area (Å²) in [4.78, 5) is 11.6. The fraction of sp³-hybridized carbons (Fsp3) is 0.545. The number of likely N-dealkylation sites (tertiary alicyclic amines) is 1. The number of aliphatic imine (C=N–C) groups is 1. The van der Waals surface area contributed by atoms with E-state index < -0.39 is 0 Å². The first-order valence-electron chi connectivity index (χ1n) is 10.3. The zero-order valence-corrected chi connectivity index (χ0v) is 19.1. The summed E-state index contributed by atoms with van der Waals surface area (Å²) in [5.41, 5.74) is 1.31. The van der Waals surface area contributed by atoms with Crippen molar-refractivity contribution in [3.63, 3.8) is 0 Å². The van der Waals surface area contributed by atoms with Crippen LogP contribution in [0.5, 0.6) is 0 Å². The topological polar surface area (TPSA) is 45.5 Å². The number of hydrogen-bond donors (Lipinski definition) is 1. The monoisotopic (exact) mass is 493 g/mol. The molecule has 2 heterocycles. The molecule has 2 unspecified atom stereocenters. The van der Waals surface area contributed by atoms with Gasteiger partial charge in [-0.25, -0.2) is 4.98 Å². The Bertz CT molecular complexity index is 743. The van der Waals surface area contributed by atoms with Crippen LogP contribution in [0.25, 0.3) is 0 Å². The van der Waals surface area contributed by atoms with Crippen LogP contribution in [0.4, 0.5) is 0 Å². The van der Waals surface area contributed by atoms with Gasteiger partial charge in [-0.05, 0) is 30.2 Å². The molecule has 0 spiro atoms. The Hall–Kier alpha value is -1.57. The normalized spacial score (nSPS) is 21.9. The summed E-state index contributed by atoms with van der Waals surface area (Å²) in [6, 6.07) is 10.6. The van der Waals surface area contributed by atoms with Crippen molar-refractivity contribution in [2.24, 2.45) is 16.8 Å². The van der Waals surface area contributed by atoms with E-state index in [9.17, 15) is 0 Å². The number of fused-ring (bicyclic) bond motifs is 1. The maximum Gasteiger partial charge on any atom is 0.193 e. The van der Waals surface area contributed by atoms with Crippen LogP contribution >= 0.6 is 24.0 Å². The molecule has 1 aromatic carbocycles. The van der Waals surface area contributed by atoms with Crippen molar-refractivity contribution in [3.8, 4) is 0 Å². The summed E-state index contributed by atoms with van der Waals surface area (Å²) in [5.74, 6) is 3.94. The summed E-state index contributed by atoms with van der Waals surface area (Å²) < 4.78 is 2.24. The third-order valence-corrected chi connectivity index (χ3v) is 6.12. The van der Waals surface area contributed by atoms with Crippen molar-refractivity contribution in [1.82, 2.24) is 19.8 Å². The highest BCUT2D eigenvalue weighted by molar-refractivity contribution is 14.0. The molecule has 0 amide bonds. The number of imidazole rings is 1. The van der Waals surface area contributed by atoms with E-state index in [0.717, 1.165) is 43.1 Å². The quantitative estimate of drug-likeness (QED) is 0.392. The molecule has 2 atom stereocenters. The fourth-order valence-corrected chi connectivity index (χ4v) is 4.69. The van der Waals surface area contributed by atoms with E-state index in [0.29, 0.717) is 0 Å². The second-order valence-electron chi connectivity index (χ2n) is 7.89. The van der Waals surface area contributed by atoms with Gasteiger partial charge < -0.3 is 14.8 Å². The highest BCUT2D eigenvalue weighted by Crippen LogP contribution is 2.35. The molecule has 1 saturated heterocycles. The molecule has 1 aliphatic heterocycles. The summed E-state index contributed by atoms with van der Waals surface area (Å²) in [7, 11) is 1.90. The Labute approximate surface area is 185 Å². The highest BCUT2D eigenvalue weighted by atomic mass is 127. The van der Waals surface area contributed by atoms with E-state index in [1.54, 1.807) is 0 Å². The molecule has 1 aliphatic carbocycles. The third kappa shape index (κ3) is 5.07. The van der Waals surface area contributed by atoms with Gasteiger partial charge >= 0.3 is 0 Å². The van der Waals surface area contributed by atoms with Gasteiger partial charge in [0.25, 0.3) is 0 Å². The van der Waals surface area contributed by atoms with Crippen LogP contribution < -0.4 is 5.32 Å². The van der Waals surface area contributed by atoms with E-state index in [4.69, 9.17) is 0 Å². The maximum atomic E-state index is 4.56. The zero-order valence-electron chi connectivity index (χ0n) is 16.8. The molecule has 0 bridgehead atoms. The first kappa shape index (κ1) is 21.1. The maximum absolute atomic E-state index is 4.56. The van der Waals surface area contributed by atoms with Crippen LogP contribution in [0.15, 0.2) is 47.7 Å². The Kier molecular flexibility index (Phi) is 7.76. The third-order valence-electron chi connectivity index (χ3n) is 6.12. The Balaban J connectivity index is 0.00000225. The van der Waals surface area contributed by atoms with Crippen LogP contribution in [-0.2, 0) is 13.0 Å². The number of guanidine groups is 1. The van der Waals surface area contributed by atoms with Crippen LogP contribution in [-0.4, -0.2) is 47.1 Å². The van der Waals surface area contributed by atoms with Gasteiger partial charge in [0, 0.05) is 52.0 Å². The second-order valence-corrected chi connectivity index (χ2v) is 7.89. The van der Waals surface area contributed by atoms with Crippen molar-refractivity contribution >= 4 is 29.9 Å². The van der Waals surface area contributed by atoms with Gasteiger partial charge in [-0.2, -0.15) is 0 Å². The van der Waals surface area contributed by atoms with Crippen molar-refractivity contribution in [2.75, 3.05) is 26.7 Å². The number of halogens is 1. The largest absolute Gasteiger partial charge is 0.356 e. The van der Waals surface area contributed by atoms with Gasteiger partial charge in [0.05, 0.1) is 0 Å². The standard InChI is InChI=1S/C22H31N5.HI/c1-23-22(27-16-19-9-5-6-10-20(19)17-27)25-12-11-21-24-13-14-26(21)15-18-7-3-2-4-8-18;/h2-4,7-8,13-14,19-20H,5-6,9-12,15-17H2,1H3,(H,23,25);1H. The van der Waals surface area contributed by atoms with Crippen molar-refractivity contribution in [2.45, 2.75) is 38.6 Å². The summed E-state index contributed by atoms with van der Waals surface area (Å²) in [6.45, 7) is 4.09. The van der Waals surface area contributed by atoms with Gasteiger partial charge in [0.2, 0.25) is 0 Å². The lowest BCUT2D eigenvalue weighted by molar-refractivity contribution is 0.299. The predicted molar refractivity (Wildman–Crippen MR) is 125 cm³/mol.